The minimum absolute atomic E-state index is 0.0142. The molecule has 2 rings (SSSR count). The first kappa shape index (κ1) is 16.3. The van der Waals surface area contributed by atoms with Crippen molar-refractivity contribution in [2.75, 3.05) is 0 Å². The van der Waals surface area contributed by atoms with Crippen LogP contribution in [0.2, 0.25) is 4.34 Å². The maximum absolute atomic E-state index is 12.7. The number of rotatable bonds is 5. The van der Waals surface area contributed by atoms with Gasteiger partial charge in [0.25, 0.3) is 0 Å². The van der Waals surface area contributed by atoms with Crippen LogP contribution in [0.15, 0.2) is 12.1 Å². The zero-order valence-electron chi connectivity index (χ0n) is 12.6. The molecule has 4 nitrogen and oxygen atoms in total. The van der Waals surface area contributed by atoms with Crippen molar-refractivity contribution in [3.63, 3.8) is 0 Å². The first-order valence-electron chi connectivity index (χ1n) is 7.37. The molecule has 1 aliphatic rings. The van der Waals surface area contributed by atoms with Gasteiger partial charge in [-0.1, -0.05) is 31.9 Å². The highest BCUT2D eigenvalue weighted by molar-refractivity contribution is 7.16. The summed E-state index contributed by atoms with van der Waals surface area (Å²) in [7, 11) is 0. The molecule has 6 heteroatoms. The molecule has 1 N–H and O–H groups in total. The van der Waals surface area contributed by atoms with Gasteiger partial charge in [-0.15, -0.1) is 11.3 Å². The quantitative estimate of drug-likeness (QED) is 0.901. The normalized spacial score (nSPS) is 24.1. The van der Waals surface area contributed by atoms with Crippen molar-refractivity contribution < 1.29 is 9.59 Å². The van der Waals surface area contributed by atoms with Gasteiger partial charge in [-0.05, 0) is 31.9 Å². The van der Waals surface area contributed by atoms with E-state index in [9.17, 15) is 9.59 Å². The van der Waals surface area contributed by atoms with Gasteiger partial charge < -0.3 is 10.2 Å². The minimum atomic E-state index is -0.401. The Bertz CT molecular complexity index is 531. The lowest BCUT2D eigenvalue weighted by Crippen LogP contribution is -2.63. The molecule has 1 aromatic heterocycles. The third kappa shape index (κ3) is 3.24. The Balaban J connectivity index is 2.30. The fourth-order valence-electron chi connectivity index (χ4n) is 2.81. The maximum atomic E-state index is 12.7. The molecular formula is C15H21ClN2O2S. The van der Waals surface area contributed by atoms with Crippen LogP contribution in [0.5, 0.6) is 0 Å². The molecule has 3 atom stereocenters. The van der Waals surface area contributed by atoms with E-state index in [4.69, 9.17) is 11.6 Å². The summed E-state index contributed by atoms with van der Waals surface area (Å²) in [6.45, 7) is 5.90. The molecule has 0 bridgehead atoms. The van der Waals surface area contributed by atoms with E-state index in [0.717, 1.165) is 11.3 Å². The maximum Gasteiger partial charge on any atom is 0.246 e. The van der Waals surface area contributed by atoms with E-state index in [0.29, 0.717) is 17.2 Å². The number of amides is 2. The van der Waals surface area contributed by atoms with Crippen LogP contribution in [-0.2, 0) is 9.59 Å². The number of piperazine rings is 1. The first-order chi connectivity index (χ1) is 9.99. The highest BCUT2D eigenvalue weighted by Gasteiger charge is 2.41. The Morgan fingerprint density at radius 2 is 2.10 bits per heavy atom. The molecule has 2 heterocycles. The van der Waals surface area contributed by atoms with E-state index in [1.807, 2.05) is 32.9 Å². The summed E-state index contributed by atoms with van der Waals surface area (Å²) in [5.41, 5.74) is 0. The first-order valence-corrected chi connectivity index (χ1v) is 8.56. The number of nitrogens with zero attached hydrogens (tertiary/aromatic N) is 1. The summed E-state index contributed by atoms with van der Waals surface area (Å²) in [5.74, 6) is -0.0367. The number of hydrogen-bond donors (Lipinski definition) is 1. The fraction of sp³-hybridized carbons (Fsp3) is 0.600. The Kier molecular flexibility index (Phi) is 5.27. The van der Waals surface area contributed by atoms with Crippen molar-refractivity contribution in [2.45, 2.75) is 58.2 Å². The molecule has 3 unspecified atom stereocenters. The summed E-state index contributed by atoms with van der Waals surface area (Å²) >= 11 is 7.45. The second-order valence-electron chi connectivity index (χ2n) is 5.34. The fourth-order valence-corrected chi connectivity index (χ4v) is 3.92. The zero-order valence-corrected chi connectivity index (χ0v) is 14.1. The van der Waals surface area contributed by atoms with Crippen LogP contribution in [0.1, 0.15) is 51.0 Å². The van der Waals surface area contributed by atoms with Gasteiger partial charge in [0, 0.05) is 4.88 Å². The second kappa shape index (κ2) is 6.79. The standard InChI is InChI=1S/C15H21ClN2O2S/c1-4-6-10-15(20)18(11(5-2)14(19)17-10)9(3)12-7-8-13(16)21-12/h7-11H,4-6H2,1-3H3,(H,17,19). The summed E-state index contributed by atoms with van der Waals surface area (Å²) in [6, 6.07) is 2.82. The lowest BCUT2D eigenvalue weighted by molar-refractivity contribution is -0.152. The lowest BCUT2D eigenvalue weighted by Gasteiger charge is -2.41. The topological polar surface area (TPSA) is 49.4 Å². The van der Waals surface area contributed by atoms with E-state index < -0.39 is 12.1 Å². The van der Waals surface area contributed by atoms with E-state index in [2.05, 4.69) is 5.32 Å². The van der Waals surface area contributed by atoms with Gasteiger partial charge in [0.2, 0.25) is 11.8 Å². The summed E-state index contributed by atoms with van der Waals surface area (Å²) in [5, 5.41) is 2.86. The van der Waals surface area contributed by atoms with Gasteiger partial charge >= 0.3 is 0 Å². The van der Waals surface area contributed by atoms with Crippen molar-refractivity contribution in [3.8, 4) is 0 Å². The number of nitrogens with one attached hydrogen (secondary N) is 1. The molecule has 0 saturated carbocycles. The van der Waals surface area contributed by atoms with E-state index in [1.165, 1.54) is 11.3 Å². The third-order valence-electron chi connectivity index (χ3n) is 3.89. The van der Waals surface area contributed by atoms with Crippen molar-refractivity contribution in [2.24, 2.45) is 0 Å². The molecule has 21 heavy (non-hydrogen) atoms. The van der Waals surface area contributed by atoms with Crippen molar-refractivity contribution in [1.29, 1.82) is 0 Å². The molecule has 1 aromatic rings. The molecule has 1 aliphatic heterocycles. The molecule has 1 fully saturated rings. The third-order valence-corrected chi connectivity index (χ3v) is 5.30. The molecule has 0 radical (unpaired) electrons. The second-order valence-corrected chi connectivity index (χ2v) is 7.08. The number of carbonyl (C=O) groups is 2. The van der Waals surface area contributed by atoms with E-state index in [-0.39, 0.29) is 17.9 Å². The monoisotopic (exact) mass is 328 g/mol. The van der Waals surface area contributed by atoms with Crippen LogP contribution in [-0.4, -0.2) is 28.8 Å². The van der Waals surface area contributed by atoms with Gasteiger partial charge in [-0.3, -0.25) is 9.59 Å². The predicted molar refractivity (Wildman–Crippen MR) is 85.5 cm³/mol. The van der Waals surface area contributed by atoms with Gasteiger partial charge in [-0.25, -0.2) is 0 Å². The van der Waals surface area contributed by atoms with Crippen LogP contribution < -0.4 is 5.32 Å². The van der Waals surface area contributed by atoms with Gasteiger partial charge in [-0.2, -0.15) is 0 Å². The van der Waals surface area contributed by atoms with Crippen LogP contribution in [0.4, 0.5) is 0 Å². The smallest absolute Gasteiger partial charge is 0.246 e. The highest BCUT2D eigenvalue weighted by Crippen LogP contribution is 2.33. The van der Waals surface area contributed by atoms with Gasteiger partial charge in [0.15, 0.2) is 0 Å². The van der Waals surface area contributed by atoms with Crippen LogP contribution in [0.25, 0.3) is 0 Å². The molecule has 116 valence electrons. The Morgan fingerprint density at radius 3 is 2.62 bits per heavy atom. The number of hydrogen-bond acceptors (Lipinski definition) is 3. The summed E-state index contributed by atoms with van der Waals surface area (Å²) in [6.07, 6.45) is 2.15. The highest BCUT2D eigenvalue weighted by atomic mass is 35.5. The number of halogens is 1. The molecule has 0 spiro atoms. The molecular weight excluding hydrogens is 308 g/mol. The summed E-state index contributed by atoms with van der Waals surface area (Å²) in [4.78, 5) is 27.8. The molecule has 2 amide bonds. The Morgan fingerprint density at radius 1 is 1.38 bits per heavy atom. The minimum Gasteiger partial charge on any atom is -0.343 e. The molecule has 1 saturated heterocycles. The van der Waals surface area contributed by atoms with Crippen LogP contribution in [0, 0.1) is 0 Å². The largest absolute Gasteiger partial charge is 0.343 e. The molecule has 0 aliphatic carbocycles. The van der Waals surface area contributed by atoms with Crippen molar-refractivity contribution in [3.05, 3.63) is 21.3 Å². The number of carbonyl (C=O) groups excluding carboxylic acids is 2. The zero-order chi connectivity index (χ0) is 15.6. The van der Waals surface area contributed by atoms with Crippen molar-refractivity contribution >= 4 is 34.8 Å². The van der Waals surface area contributed by atoms with Gasteiger partial charge in [0.1, 0.15) is 12.1 Å². The lowest BCUT2D eigenvalue weighted by atomic mass is 9.99. The summed E-state index contributed by atoms with van der Waals surface area (Å²) < 4.78 is 0.698. The molecule has 0 aromatic carbocycles. The van der Waals surface area contributed by atoms with Crippen molar-refractivity contribution in [1.82, 2.24) is 10.2 Å². The van der Waals surface area contributed by atoms with Crippen LogP contribution in [0.3, 0.4) is 0 Å². The average Bonchev–Trinajstić information content (AvgIpc) is 2.88. The average molecular weight is 329 g/mol. The Labute approximate surface area is 134 Å². The number of thiophene rings is 1. The van der Waals surface area contributed by atoms with E-state index >= 15 is 0 Å². The predicted octanol–water partition coefficient (Wildman–Crippen LogP) is 3.37. The van der Waals surface area contributed by atoms with Crippen LogP contribution >= 0.6 is 22.9 Å². The Hall–Kier alpha value is -1.07. The van der Waals surface area contributed by atoms with Gasteiger partial charge in [0.05, 0.1) is 10.4 Å². The van der Waals surface area contributed by atoms with E-state index in [1.54, 1.807) is 4.90 Å². The SMILES string of the molecule is CCCC1NC(=O)C(CC)N(C(C)c2ccc(Cl)s2)C1=O.